The Kier molecular flexibility index (Phi) is 5.61. The molecule has 0 aliphatic rings. The summed E-state index contributed by atoms with van der Waals surface area (Å²) in [5.74, 6) is 0.377. The highest BCUT2D eigenvalue weighted by atomic mass is 32.1. The Morgan fingerprint density at radius 3 is 2.45 bits per heavy atom. The molecule has 2 aromatic heterocycles. The standard InChI is InChI=1S/C24H23N3O3S/c1-5-18-22(21(28)17-13-9-10-14-19(17)30-4)31-23(25-18)20-15(2)26(3)27(24(20)29)16-11-7-6-8-12-16/h6-14H,5H2,1-4H3. The van der Waals surface area contributed by atoms with Crippen molar-refractivity contribution in [1.82, 2.24) is 14.3 Å². The molecule has 0 spiro atoms. The maximum atomic E-state index is 13.4. The number of nitrogens with zero attached hydrogens (tertiary/aromatic N) is 3. The molecule has 158 valence electrons. The number of thiazole rings is 1. The zero-order chi connectivity index (χ0) is 22.1. The number of ketones is 1. The monoisotopic (exact) mass is 433 g/mol. The summed E-state index contributed by atoms with van der Waals surface area (Å²) in [5, 5.41) is 0.558. The second-order valence-corrected chi connectivity index (χ2v) is 8.11. The summed E-state index contributed by atoms with van der Waals surface area (Å²) in [6, 6.07) is 16.6. The van der Waals surface area contributed by atoms with E-state index < -0.39 is 0 Å². The molecule has 0 unspecified atom stereocenters. The van der Waals surface area contributed by atoms with Gasteiger partial charge in [0.15, 0.2) is 0 Å². The van der Waals surface area contributed by atoms with E-state index in [1.165, 1.54) is 11.3 Å². The number of hydrogen-bond acceptors (Lipinski definition) is 5. The largest absolute Gasteiger partial charge is 0.496 e. The molecule has 2 aromatic carbocycles. The molecule has 0 aliphatic carbocycles. The van der Waals surface area contributed by atoms with E-state index in [9.17, 15) is 9.59 Å². The van der Waals surface area contributed by atoms with E-state index in [1.54, 1.807) is 23.9 Å². The summed E-state index contributed by atoms with van der Waals surface area (Å²) in [6.45, 7) is 3.85. The molecule has 4 rings (SSSR count). The highest BCUT2D eigenvalue weighted by Gasteiger charge is 2.26. The molecule has 0 bridgehead atoms. The number of aromatic nitrogens is 3. The lowest BCUT2D eigenvalue weighted by atomic mass is 10.1. The van der Waals surface area contributed by atoms with Crippen LogP contribution in [0.25, 0.3) is 16.3 Å². The SMILES string of the molecule is CCc1nc(-c2c(C)n(C)n(-c3ccccc3)c2=O)sc1C(=O)c1ccccc1OC. The molecule has 0 saturated carbocycles. The third kappa shape index (κ3) is 3.51. The number of methoxy groups -OCH3 is 1. The zero-order valence-electron chi connectivity index (χ0n) is 17.9. The van der Waals surface area contributed by atoms with Crippen LogP contribution in [0, 0.1) is 6.92 Å². The zero-order valence-corrected chi connectivity index (χ0v) is 18.7. The van der Waals surface area contributed by atoms with Crippen LogP contribution in [-0.2, 0) is 13.5 Å². The Labute approximate surface area is 184 Å². The molecular weight excluding hydrogens is 410 g/mol. The van der Waals surface area contributed by atoms with Crippen LogP contribution in [0.4, 0.5) is 0 Å². The minimum Gasteiger partial charge on any atom is -0.496 e. The van der Waals surface area contributed by atoms with Crippen molar-refractivity contribution in [3.63, 3.8) is 0 Å². The summed E-state index contributed by atoms with van der Waals surface area (Å²) in [5.41, 5.74) is 3.11. The normalized spacial score (nSPS) is 11.0. The number of carbonyl (C=O) groups excluding carboxylic acids is 1. The molecular formula is C24H23N3O3S. The molecule has 0 fully saturated rings. The molecule has 6 nitrogen and oxygen atoms in total. The summed E-state index contributed by atoms with van der Waals surface area (Å²) in [6.07, 6.45) is 0.589. The van der Waals surface area contributed by atoms with E-state index in [2.05, 4.69) is 0 Å². The molecule has 2 heterocycles. The number of para-hydroxylation sites is 2. The van der Waals surface area contributed by atoms with Gasteiger partial charge in [0.25, 0.3) is 5.56 Å². The first-order valence-corrected chi connectivity index (χ1v) is 10.8. The van der Waals surface area contributed by atoms with Crippen molar-refractivity contribution < 1.29 is 9.53 Å². The van der Waals surface area contributed by atoms with Gasteiger partial charge in [-0.25, -0.2) is 9.67 Å². The average molecular weight is 434 g/mol. The van der Waals surface area contributed by atoms with Crippen LogP contribution in [-0.4, -0.2) is 27.2 Å². The lowest BCUT2D eigenvalue weighted by Gasteiger charge is -2.07. The number of aryl methyl sites for hydroxylation is 1. The minimum absolute atomic E-state index is 0.144. The minimum atomic E-state index is -0.154. The molecule has 0 aliphatic heterocycles. The number of benzene rings is 2. The van der Waals surface area contributed by atoms with Gasteiger partial charge in [-0.1, -0.05) is 37.3 Å². The van der Waals surface area contributed by atoms with Gasteiger partial charge in [0.2, 0.25) is 5.78 Å². The third-order valence-electron chi connectivity index (χ3n) is 5.36. The van der Waals surface area contributed by atoms with Crippen LogP contribution in [0.5, 0.6) is 5.75 Å². The van der Waals surface area contributed by atoms with E-state index in [4.69, 9.17) is 9.72 Å². The number of rotatable bonds is 6. The maximum absolute atomic E-state index is 13.4. The van der Waals surface area contributed by atoms with Crippen LogP contribution in [0.15, 0.2) is 59.4 Å². The Morgan fingerprint density at radius 1 is 1.10 bits per heavy atom. The Hall–Kier alpha value is -3.45. The smallest absolute Gasteiger partial charge is 0.281 e. The van der Waals surface area contributed by atoms with E-state index in [0.717, 1.165) is 11.4 Å². The molecule has 7 heteroatoms. The second-order valence-electron chi connectivity index (χ2n) is 7.11. The van der Waals surface area contributed by atoms with E-state index in [0.29, 0.717) is 38.9 Å². The van der Waals surface area contributed by atoms with Crippen LogP contribution in [0.1, 0.15) is 33.5 Å². The third-order valence-corrected chi connectivity index (χ3v) is 6.47. The fourth-order valence-electron chi connectivity index (χ4n) is 3.64. The van der Waals surface area contributed by atoms with Crippen LogP contribution >= 0.6 is 11.3 Å². The lowest BCUT2D eigenvalue weighted by Crippen LogP contribution is -2.20. The predicted molar refractivity (Wildman–Crippen MR) is 123 cm³/mol. The Bertz CT molecular complexity index is 1320. The summed E-state index contributed by atoms with van der Waals surface area (Å²) in [4.78, 5) is 31.9. The first-order valence-electron chi connectivity index (χ1n) is 9.99. The molecule has 4 aromatic rings. The van der Waals surface area contributed by atoms with Crippen molar-refractivity contribution in [2.45, 2.75) is 20.3 Å². The molecule has 0 radical (unpaired) electrons. The van der Waals surface area contributed by atoms with E-state index in [-0.39, 0.29) is 11.3 Å². The van der Waals surface area contributed by atoms with Crippen LogP contribution in [0.3, 0.4) is 0 Å². The van der Waals surface area contributed by atoms with Gasteiger partial charge in [0, 0.05) is 12.7 Å². The highest BCUT2D eigenvalue weighted by molar-refractivity contribution is 7.17. The van der Waals surface area contributed by atoms with Gasteiger partial charge < -0.3 is 4.74 Å². The van der Waals surface area contributed by atoms with Crippen molar-refractivity contribution in [1.29, 1.82) is 0 Å². The van der Waals surface area contributed by atoms with Crippen molar-refractivity contribution in [3.05, 3.63) is 86.8 Å². The van der Waals surface area contributed by atoms with Crippen LogP contribution in [0.2, 0.25) is 0 Å². The predicted octanol–water partition coefficient (Wildman–Crippen LogP) is 4.41. The fourth-order valence-corrected chi connectivity index (χ4v) is 4.84. The first-order chi connectivity index (χ1) is 15.0. The van der Waals surface area contributed by atoms with Gasteiger partial charge in [-0.05, 0) is 37.6 Å². The Balaban J connectivity index is 1.86. The van der Waals surface area contributed by atoms with Gasteiger partial charge in [-0.15, -0.1) is 11.3 Å². The van der Waals surface area contributed by atoms with Crippen molar-refractivity contribution in [3.8, 4) is 22.0 Å². The van der Waals surface area contributed by atoms with Crippen molar-refractivity contribution in [2.24, 2.45) is 7.05 Å². The molecule has 0 atom stereocenters. The average Bonchev–Trinajstić information content (AvgIpc) is 3.32. The highest BCUT2D eigenvalue weighted by Crippen LogP contribution is 2.32. The van der Waals surface area contributed by atoms with Gasteiger partial charge in [0.05, 0.1) is 34.5 Å². The maximum Gasteiger partial charge on any atom is 0.281 e. The van der Waals surface area contributed by atoms with Crippen molar-refractivity contribution in [2.75, 3.05) is 7.11 Å². The topological polar surface area (TPSA) is 66.1 Å². The van der Waals surface area contributed by atoms with E-state index in [1.807, 2.05) is 68.0 Å². The molecule has 0 N–H and O–H groups in total. The summed E-state index contributed by atoms with van der Waals surface area (Å²) < 4.78 is 8.81. The summed E-state index contributed by atoms with van der Waals surface area (Å²) >= 11 is 1.26. The van der Waals surface area contributed by atoms with Gasteiger partial charge >= 0.3 is 0 Å². The lowest BCUT2D eigenvalue weighted by molar-refractivity contribution is 0.103. The summed E-state index contributed by atoms with van der Waals surface area (Å²) in [7, 11) is 3.40. The van der Waals surface area contributed by atoms with Gasteiger partial charge in [-0.3, -0.25) is 14.3 Å². The number of ether oxygens (including phenoxy) is 1. The molecule has 0 amide bonds. The first kappa shape index (κ1) is 20.8. The van der Waals surface area contributed by atoms with E-state index >= 15 is 0 Å². The number of carbonyl (C=O) groups is 1. The molecule has 31 heavy (non-hydrogen) atoms. The van der Waals surface area contributed by atoms with Gasteiger partial charge in [-0.2, -0.15) is 0 Å². The van der Waals surface area contributed by atoms with Crippen molar-refractivity contribution >= 4 is 17.1 Å². The second kappa shape index (κ2) is 8.35. The quantitative estimate of drug-likeness (QED) is 0.423. The Morgan fingerprint density at radius 2 is 1.77 bits per heavy atom. The molecule has 0 saturated heterocycles. The number of hydrogen-bond donors (Lipinski definition) is 0. The van der Waals surface area contributed by atoms with Gasteiger partial charge in [0.1, 0.15) is 10.8 Å². The fraction of sp³-hybridized carbons (Fsp3) is 0.208. The van der Waals surface area contributed by atoms with Crippen LogP contribution < -0.4 is 10.3 Å².